The number of nitrogens with zero attached hydrogens (tertiary/aromatic N) is 12. The molecule has 0 bridgehead atoms. The van der Waals surface area contributed by atoms with Crippen molar-refractivity contribution in [2.45, 2.75) is 136 Å². The first-order valence-corrected chi connectivity index (χ1v) is 42.7. The molecule has 4 amide bonds. The minimum Gasteiger partial charge on any atom is -0.397 e. The summed E-state index contributed by atoms with van der Waals surface area (Å²) in [5.41, 5.74) is 46.9. The van der Waals surface area contributed by atoms with Crippen molar-refractivity contribution in [3.05, 3.63) is 300 Å². The number of carbonyl (C=O) groups excluding carboxylic acids is 4. The van der Waals surface area contributed by atoms with Gasteiger partial charge in [0.15, 0.2) is 0 Å². The van der Waals surface area contributed by atoms with E-state index in [-0.39, 0.29) is 73.9 Å². The van der Waals surface area contributed by atoms with Crippen molar-refractivity contribution in [1.29, 1.82) is 0 Å². The standard InChI is InChI=1S/C26H26FN3O2.C24H24F2N4OS.C23H26N4OS.C22H24FN5O/c27-22-5-3-18(4-6-22)24-8-7-23(28)25(29-24)14-26(31)30-15-20-2-1-19(13-21(20)16-30)17-9-11-32-12-10-17;25-24(26)7-8-29(15-24)12-16-3-4-17-13-30(14-18(17)10-16)23(31)11-21-19(27)5-6-20(28-21)22-2-1-9-32-22;1-15-4-9-22(29-15)20-8-7-19(24)21(25-20)11-23(28)27-13-17-6-5-16(12-26(2)3)10-18(17)14-27;1-26(2)11-15-3-4-16-12-27(13-17(16)9-15)22(29)10-21-20(24)14-28(25-21)19-7-5-18(23)6-8-19/h1-8,13,17H,9-12,14-16,28H2;1-6,9-10H,7-8,11-15,27H2;4-10H,11-14,24H2,1-3H3;3-9,14H,10-13,24H2,1-2H3. The molecule has 0 radical (unpaired) electrons. The Kier molecular flexibility index (Phi) is 26.2. The average molecular weight is 1690 g/mol. The van der Waals surface area contributed by atoms with Crippen LogP contribution in [0.2, 0.25) is 0 Å². The van der Waals surface area contributed by atoms with E-state index < -0.39 is 5.92 Å². The first kappa shape index (κ1) is 85.0. The summed E-state index contributed by atoms with van der Waals surface area (Å²) in [5, 5.41) is 6.42. The molecule has 27 heteroatoms. The molecule has 630 valence electrons. The van der Waals surface area contributed by atoms with Crippen molar-refractivity contribution >= 4 is 69.1 Å². The monoisotopic (exact) mass is 1680 g/mol. The lowest BCUT2D eigenvalue weighted by atomic mass is 9.90. The van der Waals surface area contributed by atoms with Crippen molar-refractivity contribution in [3.8, 4) is 38.1 Å². The lowest BCUT2D eigenvalue weighted by Gasteiger charge is -2.22. The molecular weight excluding hydrogens is 1590 g/mol. The predicted octanol–water partition coefficient (Wildman–Crippen LogP) is 15.4. The molecule has 8 N–H and O–H groups in total. The molecule has 0 aliphatic carbocycles. The van der Waals surface area contributed by atoms with E-state index in [1.807, 2.05) is 82.7 Å². The summed E-state index contributed by atoms with van der Waals surface area (Å²) in [7, 11) is 8.20. The van der Waals surface area contributed by atoms with Crippen LogP contribution < -0.4 is 22.9 Å². The topological polar surface area (TPSA) is 261 Å². The molecule has 6 aromatic carbocycles. The maximum absolute atomic E-state index is 13.5. The number of fused-ring (bicyclic) bond motifs is 4. The highest BCUT2D eigenvalue weighted by atomic mass is 32.1. The first-order valence-electron chi connectivity index (χ1n) is 41.0. The van der Waals surface area contributed by atoms with Crippen LogP contribution in [0.4, 0.5) is 40.3 Å². The van der Waals surface area contributed by atoms with Crippen LogP contribution in [0.15, 0.2) is 194 Å². The zero-order valence-electron chi connectivity index (χ0n) is 69.2. The lowest BCUT2D eigenvalue weighted by Crippen LogP contribution is -2.27. The van der Waals surface area contributed by atoms with Crippen LogP contribution in [-0.4, -0.2) is 143 Å². The average Bonchev–Trinajstić information content (AvgIpc) is 1.67. The molecule has 0 unspecified atom stereocenters. The maximum Gasteiger partial charge on any atom is 0.261 e. The number of ether oxygens (including phenoxy) is 1. The Morgan fingerprint density at radius 3 is 1.39 bits per heavy atom. The van der Waals surface area contributed by atoms with Gasteiger partial charge >= 0.3 is 0 Å². The molecule has 6 aliphatic heterocycles. The summed E-state index contributed by atoms with van der Waals surface area (Å²) in [6.45, 7) is 11.0. The summed E-state index contributed by atoms with van der Waals surface area (Å²) in [6, 6.07) is 56.8. The van der Waals surface area contributed by atoms with Crippen LogP contribution in [0.25, 0.3) is 38.1 Å². The van der Waals surface area contributed by atoms with Crippen LogP contribution in [0.3, 0.4) is 0 Å². The lowest BCUT2D eigenvalue weighted by molar-refractivity contribution is -0.131. The van der Waals surface area contributed by atoms with Crippen LogP contribution in [0.5, 0.6) is 0 Å². The molecule has 12 aromatic rings. The number of amides is 4. The second kappa shape index (κ2) is 37.6. The Morgan fingerprint density at radius 2 is 0.926 bits per heavy atom. The van der Waals surface area contributed by atoms with Gasteiger partial charge in [-0.15, -0.1) is 22.7 Å². The van der Waals surface area contributed by atoms with Gasteiger partial charge < -0.3 is 57.1 Å². The van der Waals surface area contributed by atoms with E-state index in [1.165, 1.54) is 79.2 Å². The van der Waals surface area contributed by atoms with E-state index in [9.17, 15) is 36.7 Å². The molecule has 0 spiro atoms. The van der Waals surface area contributed by atoms with Crippen molar-refractivity contribution < 1.29 is 41.5 Å². The highest BCUT2D eigenvalue weighted by Gasteiger charge is 2.38. The summed E-state index contributed by atoms with van der Waals surface area (Å²) in [4.78, 5) is 82.7. The number of aryl methyl sites for hydroxylation is 1. The van der Waals surface area contributed by atoms with Gasteiger partial charge in [-0.2, -0.15) is 5.10 Å². The summed E-state index contributed by atoms with van der Waals surface area (Å²) >= 11 is 3.29. The number of benzene rings is 6. The molecule has 18 rings (SSSR count). The van der Waals surface area contributed by atoms with E-state index in [4.69, 9.17) is 32.7 Å². The van der Waals surface area contributed by atoms with Gasteiger partial charge in [0.05, 0.1) is 116 Å². The molecule has 21 nitrogen and oxygen atoms in total. The van der Waals surface area contributed by atoms with Gasteiger partial charge in [-0.3, -0.25) is 29.1 Å². The zero-order chi connectivity index (χ0) is 85.5. The van der Waals surface area contributed by atoms with Crippen molar-refractivity contribution in [3.63, 3.8) is 0 Å². The predicted molar refractivity (Wildman–Crippen MR) is 471 cm³/mol. The molecule has 122 heavy (non-hydrogen) atoms. The van der Waals surface area contributed by atoms with Gasteiger partial charge in [-0.1, -0.05) is 78.9 Å². The Bertz CT molecular complexity index is 5800. The van der Waals surface area contributed by atoms with E-state index >= 15 is 0 Å². The smallest absolute Gasteiger partial charge is 0.261 e. The summed E-state index contributed by atoms with van der Waals surface area (Å²) in [5.74, 6) is -2.62. The number of pyridine rings is 3. The van der Waals surface area contributed by atoms with Crippen LogP contribution >= 0.6 is 22.7 Å². The van der Waals surface area contributed by atoms with E-state index in [0.29, 0.717) is 128 Å². The molecule has 0 saturated carbocycles. The van der Waals surface area contributed by atoms with Gasteiger partial charge in [-0.05, 0) is 229 Å². The molecule has 12 heterocycles. The van der Waals surface area contributed by atoms with Crippen molar-refractivity contribution in [2.24, 2.45) is 0 Å². The summed E-state index contributed by atoms with van der Waals surface area (Å²) < 4.78 is 60.4. The highest BCUT2D eigenvalue weighted by molar-refractivity contribution is 7.15. The number of nitrogen functional groups attached to an aromatic ring is 4. The van der Waals surface area contributed by atoms with E-state index in [2.05, 4.69) is 113 Å². The number of alkyl halides is 2. The zero-order valence-corrected chi connectivity index (χ0v) is 70.8. The van der Waals surface area contributed by atoms with Crippen LogP contribution in [-0.2, 0) is 122 Å². The third kappa shape index (κ3) is 21.1. The number of anilines is 4. The van der Waals surface area contributed by atoms with Gasteiger partial charge in [0, 0.05) is 109 Å². The number of carbonyl (C=O) groups is 4. The number of aromatic nitrogens is 5. The highest BCUT2D eigenvalue weighted by Crippen LogP contribution is 2.37. The van der Waals surface area contributed by atoms with Gasteiger partial charge in [-0.25, -0.2) is 32.2 Å². The SMILES string of the molecule is CN(C)Cc1ccc2c(c1)CN(C(=O)Cc1nn(-c3ccc(F)cc3)cc1N)C2.Cc1ccc(-c2ccc(N)c(CC(=O)N3Cc4ccc(CN(C)C)cc4C3)n2)s1.Nc1ccc(-c2ccc(F)cc2)nc1CC(=O)N1Cc2ccc(C3CCOCC3)cc2C1.Nc1ccc(-c2cccs2)nc1CC(=O)N1Cc2ccc(CN3CCC(F)(F)C3)cc2C1. The van der Waals surface area contributed by atoms with E-state index in [0.717, 1.165) is 82.5 Å². The number of nitrogens with two attached hydrogens (primary N) is 4. The fraction of sp³-hybridized carbons (Fsp3) is 0.305. The Hall–Kier alpha value is -12.0. The molecule has 6 aliphatic rings. The number of halogens is 4. The third-order valence-electron chi connectivity index (χ3n) is 22.8. The van der Waals surface area contributed by atoms with Crippen molar-refractivity contribution in [2.75, 3.05) is 77.4 Å². The normalized spacial score (nSPS) is 15.1. The molecule has 6 aromatic heterocycles. The quantitative estimate of drug-likeness (QED) is 0.0549. The van der Waals surface area contributed by atoms with Crippen molar-refractivity contribution in [1.82, 2.24) is 59.0 Å². The maximum atomic E-state index is 13.5. The molecular formula is C95H100F4N16O5S2. The minimum atomic E-state index is -2.59. The fourth-order valence-corrected chi connectivity index (χ4v) is 17.8. The van der Waals surface area contributed by atoms with Gasteiger partial charge in [0.25, 0.3) is 5.92 Å². The fourth-order valence-electron chi connectivity index (χ4n) is 16.3. The van der Waals surface area contributed by atoms with Crippen LogP contribution in [0.1, 0.15) is 120 Å². The Labute approximate surface area is 716 Å². The van der Waals surface area contributed by atoms with E-state index in [1.54, 1.807) is 85.8 Å². The number of hydrogen-bond donors (Lipinski definition) is 4. The molecule has 2 fully saturated rings. The van der Waals surface area contributed by atoms with Gasteiger partial charge in [0.1, 0.15) is 11.6 Å². The molecule has 0 atom stereocenters. The third-order valence-corrected chi connectivity index (χ3v) is 24.7. The largest absolute Gasteiger partial charge is 0.397 e. The Morgan fingerprint density at radius 1 is 0.484 bits per heavy atom. The van der Waals surface area contributed by atoms with Crippen LogP contribution in [0, 0.1) is 18.6 Å². The first-order chi connectivity index (χ1) is 58.7. The summed E-state index contributed by atoms with van der Waals surface area (Å²) in [6.07, 6.45) is 4.33. The minimum absolute atomic E-state index is 0.00396. The number of hydrogen-bond acceptors (Lipinski definition) is 18. The number of thiophene rings is 2. The van der Waals surface area contributed by atoms with Gasteiger partial charge in [0.2, 0.25) is 23.6 Å². The Balaban J connectivity index is 0.000000126. The second-order valence-electron chi connectivity index (χ2n) is 32.8. The number of rotatable bonds is 19. The second-order valence-corrected chi connectivity index (χ2v) is 35.0. The number of likely N-dealkylation sites (tertiary alicyclic amines) is 1. The molecule has 2 saturated heterocycles.